The van der Waals surface area contributed by atoms with Crippen molar-refractivity contribution >= 4 is 21.6 Å². The Balaban J connectivity index is 1.86. The number of phenols is 1. The van der Waals surface area contributed by atoms with E-state index in [1.54, 1.807) is 19.2 Å². The lowest BCUT2D eigenvalue weighted by molar-refractivity contribution is 0.402. The Hall–Kier alpha value is -2.01. The highest BCUT2D eigenvalue weighted by Gasteiger charge is 2.25. The Bertz CT molecular complexity index is 700. The SMILES string of the molecule is COc1ccccc1[C@@H]1CC(c2cc(Br)ccc2O)=NN1. The number of para-hydroxylation sites is 1. The molecule has 3 rings (SSSR count). The van der Waals surface area contributed by atoms with E-state index in [9.17, 15) is 5.11 Å². The monoisotopic (exact) mass is 346 g/mol. The van der Waals surface area contributed by atoms with Crippen molar-refractivity contribution in [3.05, 3.63) is 58.1 Å². The van der Waals surface area contributed by atoms with Crippen molar-refractivity contribution in [3.63, 3.8) is 0 Å². The van der Waals surface area contributed by atoms with Crippen molar-refractivity contribution in [2.45, 2.75) is 12.5 Å². The Morgan fingerprint density at radius 2 is 2.10 bits per heavy atom. The predicted octanol–water partition coefficient (Wildman–Crippen LogP) is 3.60. The molecular formula is C16H15BrN2O2. The summed E-state index contributed by atoms with van der Waals surface area (Å²) in [4.78, 5) is 0. The number of hydrogen-bond donors (Lipinski definition) is 2. The molecule has 2 N–H and O–H groups in total. The van der Waals surface area contributed by atoms with Crippen LogP contribution in [0, 0.1) is 0 Å². The summed E-state index contributed by atoms with van der Waals surface area (Å²) in [5.74, 6) is 1.07. The molecule has 0 aromatic heterocycles. The normalized spacial score (nSPS) is 17.2. The van der Waals surface area contributed by atoms with Crippen LogP contribution in [0.15, 0.2) is 52.0 Å². The fourth-order valence-electron chi connectivity index (χ4n) is 2.48. The number of nitrogens with one attached hydrogen (secondary N) is 1. The lowest BCUT2D eigenvalue weighted by Gasteiger charge is -2.14. The van der Waals surface area contributed by atoms with Gasteiger partial charge in [-0.1, -0.05) is 34.1 Å². The van der Waals surface area contributed by atoms with Crippen LogP contribution < -0.4 is 10.2 Å². The summed E-state index contributed by atoms with van der Waals surface area (Å²) >= 11 is 3.42. The van der Waals surface area contributed by atoms with Crippen LogP contribution in [0.3, 0.4) is 0 Å². The van der Waals surface area contributed by atoms with Gasteiger partial charge in [0.25, 0.3) is 0 Å². The summed E-state index contributed by atoms with van der Waals surface area (Å²) in [5, 5.41) is 14.4. The minimum atomic E-state index is 0.0505. The maximum Gasteiger partial charge on any atom is 0.124 e. The zero-order valence-electron chi connectivity index (χ0n) is 11.5. The smallest absolute Gasteiger partial charge is 0.124 e. The van der Waals surface area contributed by atoms with E-state index in [-0.39, 0.29) is 11.8 Å². The fraction of sp³-hybridized carbons (Fsp3) is 0.188. The third kappa shape index (κ3) is 2.74. The van der Waals surface area contributed by atoms with Gasteiger partial charge in [0.2, 0.25) is 0 Å². The summed E-state index contributed by atoms with van der Waals surface area (Å²) in [7, 11) is 1.66. The first kappa shape index (κ1) is 13.9. The molecule has 0 aliphatic carbocycles. The summed E-state index contributed by atoms with van der Waals surface area (Å²) < 4.78 is 6.31. The molecule has 0 amide bonds. The molecule has 21 heavy (non-hydrogen) atoms. The van der Waals surface area contributed by atoms with Gasteiger partial charge in [-0.3, -0.25) is 0 Å². The summed E-state index contributed by atoms with van der Waals surface area (Å²) in [6, 6.07) is 13.3. The summed E-state index contributed by atoms with van der Waals surface area (Å²) in [6.45, 7) is 0. The molecule has 1 heterocycles. The lowest BCUT2D eigenvalue weighted by Crippen LogP contribution is -2.11. The predicted molar refractivity (Wildman–Crippen MR) is 85.8 cm³/mol. The van der Waals surface area contributed by atoms with E-state index >= 15 is 0 Å². The second-order valence-corrected chi connectivity index (χ2v) is 5.76. The van der Waals surface area contributed by atoms with Gasteiger partial charge in [-0.2, -0.15) is 5.10 Å². The first-order chi connectivity index (χ1) is 10.2. The standard InChI is InChI=1S/C16H15BrN2O2/c1-21-16-5-3-2-4-11(16)13-9-14(19-18-13)12-8-10(17)6-7-15(12)20/h2-8,13,18,20H,9H2,1H3/t13-/m0/s1. The Morgan fingerprint density at radius 3 is 2.90 bits per heavy atom. The second kappa shape index (κ2) is 5.77. The van der Waals surface area contributed by atoms with Gasteiger partial charge in [-0.15, -0.1) is 0 Å². The number of phenolic OH excluding ortho intramolecular Hbond substituents is 1. The minimum absolute atomic E-state index is 0.0505. The maximum absolute atomic E-state index is 10.00. The number of methoxy groups -OCH3 is 1. The Labute approximate surface area is 131 Å². The van der Waals surface area contributed by atoms with Crippen LogP contribution in [0.5, 0.6) is 11.5 Å². The van der Waals surface area contributed by atoms with E-state index in [4.69, 9.17) is 4.74 Å². The Kier molecular flexibility index (Phi) is 3.84. The molecule has 0 saturated heterocycles. The molecule has 2 aromatic carbocycles. The number of halogens is 1. The minimum Gasteiger partial charge on any atom is -0.507 e. The van der Waals surface area contributed by atoms with Crippen LogP contribution in [0.2, 0.25) is 0 Å². The average molecular weight is 347 g/mol. The van der Waals surface area contributed by atoms with Crippen LogP contribution >= 0.6 is 15.9 Å². The topological polar surface area (TPSA) is 53.9 Å². The molecule has 1 atom stereocenters. The van der Waals surface area contributed by atoms with Crippen molar-refractivity contribution in [3.8, 4) is 11.5 Å². The molecule has 0 unspecified atom stereocenters. The molecule has 1 aliphatic heterocycles. The van der Waals surface area contributed by atoms with Crippen LogP contribution in [-0.2, 0) is 0 Å². The molecule has 0 saturated carbocycles. The van der Waals surface area contributed by atoms with E-state index < -0.39 is 0 Å². The van der Waals surface area contributed by atoms with E-state index in [2.05, 4.69) is 26.5 Å². The molecular weight excluding hydrogens is 332 g/mol. The van der Waals surface area contributed by atoms with Gasteiger partial charge in [-0.05, 0) is 24.3 Å². The molecule has 4 nitrogen and oxygen atoms in total. The van der Waals surface area contributed by atoms with E-state index in [0.29, 0.717) is 6.42 Å². The first-order valence-corrected chi connectivity index (χ1v) is 7.42. The molecule has 1 aliphatic rings. The van der Waals surface area contributed by atoms with Crippen molar-refractivity contribution in [2.24, 2.45) is 5.10 Å². The van der Waals surface area contributed by atoms with Gasteiger partial charge in [0, 0.05) is 22.0 Å². The molecule has 2 aromatic rings. The van der Waals surface area contributed by atoms with E-state index in [1.807, 2.05) is 30.3 Å². The van der Waals surface area contributed by atoms with Gasteiger partial charge in [0.15, 0.2) is 0 Å². The zero-order chi connectivity index (χ0) is 14.8. The van der Waals surface area contributed by atoms with Crippen LogP contribution in [0.25, 0.3) is 0 Å². The van der Waals surface area contributed by atoms with Crippen molar-refractivity contribution in [1.82, 2.24) is 5.43 Å². The molecule has 0 spiro atoms. The zero-order valence-corrected chi connectivity index (χ0v) is 13.1. The molecule has 0 radical (unpaired) electrons. The number of benzene rings is 2. The van der Waals surface area contributed by atoms with Gasteiger partial charge in [0.1, 0.15) is 11.5 Å². The molecule has 108 valence electrons. The first-order valence-electron chi connectivity index (χ1n) is 6.63. The molecule has 5 heteroatoms. The van der Waals surface area contributed by atoms with Crippen LogP contribution in [-0.4, -0.2) is 17.9 Å². The van der Waals surface area contributed by atoms with Gasteiger partial charge in [0.05, 0.1) is 18.9 Å². The molecule has 0 fully saturated rings. The van der Waals surface area contributed by atoms with Gasteiger partial charge >= 0.3 is 0 Å². The number of hydrogen-bond acceptors (Lipinski definition) is 4. The highest BCUT2D eigenvalue weighted by Crippen LogP contribution is 2.33. The van der Waals surface area contributed by atoms with Crippen LogP contribution in [0.4, 0.5) is 0 Å². The molecule has 0 bridgehead atoms. The maximum atomic E-state index is 10.00. The largest absolute Gasteiger partial charge is 0.507 e. The van der Waals surface area contributed by atoms with Gasteiger partial charge in [-0.25, -0.2) is 0 Å². The number of rotatable bonds is 3. The van der Waals surface area contributed by atoms with Crippen molar-refractivity contribution < 1.29 is 9.84 Å². The summed E-state index contributed by atoms with van der Waals surface area (Å²) in [6.07, 6.45) is 0.699. The fourth-order valence-corrected chi connectivity index (χ4v) is 2.84. The Morgan fingerprint density at radius 1 is 1.29 bits per heavy atom. The van der Waals surface area contributed by atoms with E-state index in [0.717, 1.165) is 27.1 Å². The third-order valence-corrected chi connectivity index (χ3v) is 4.03. The second-order valence-electron chi connectivity index (χ2n) is 4.85. The highest BCUT2D eigenvalue weighted by atomic mass is 79.9. The lowest BCUT2D eigenvalue weighted by atomic mass is 9.98. The number of aromatic hydroxyl groups is 1. The highest BCUT2D eigenvalue weighted by molar-refractivity contribution is 9.10. The number of ether oxygens (including phenoxy) is 1. The quantitative estimate of drug-likeness (QED) is 0.892. The van der Waals surface area contributed by atoms with Gasteiger partial charge < -0.3 is 15.3 Å². The van der Waals surface area contributed by atoms with Crippen molar-refractivity contribution in [1.29, 1.82) is 0 Å². The van der Waals surface area contributed by atoms with Crippen molar-refractivity contribution in [2.75, 3.05) is 7.11 Å². The average Bonchev–Trinajstić information content (AvgIpc) is 2.99. The third-order valence-electron chi connectivity index (χ3n) is 3.54. The van der Waals surface area contributed by atoms with E-state index in [1.165, 1.54) is 0 Å². The number of nitrogens with zero attached hydrogens (tertiary/aromatic N) is 1. The van der Waals surface area contributed by atoms with Crippen LogP contribution in [0.1, 0.15) is 23.6 Å². The summed E-state index contributed by atoms with van der Waals surface area (Å²) in [5.41, 5.74) is 5.77. The number of hydrazone groups is 1.